The number of alkyl halides is 3. The molecule has 1 aromatic rings. The van der Waals surface area contributed by atoms with Gasteiger partial charge in [-0.15, -0.1) is 0 Å². The van der Waals surface area contributed by atoms with E-state index in [0.717, 1.165) is 31.1 Å². The summed E-state index contributed by atoms with van der Waals surface area (Å²) < 4.78 is 29.1. The maximum atomic E-state index is 12.7. The first kappa shape index (κ1) is 18.5. The van der Waals surface area contributed by atoms with Crippen molar-refractivity contribution in [2.75, 3.05) is 5.32 Å². The minimum atomic E-state index is -2.93. The lowest BCUT2D eigenvalue weighted by Gasteiger charge is -2.60. The van der Waals surface area contributed by atoms with E-state index in [-0.39, 0.29) is 26.4 Å². The van der Waals surface area contributed by atoms with Gasteiger partial charge in [0.2, 0.25) is 5.91 Å². The first-order valence-corrected chi connectivity index (χ1v) is 10.1. The van der Waals surface area contributed by atoms with Crippen LogP contribution in [0.3, 0.4) is 0 Å². The fourth-order valence-corrected chi connectivity index (χ4v) is 7.59. The highest BCUT2D eigenvalue weighted by atomic mass is 79.9. The fourth-order valence-electron chi connectivity index (χ4n) is 5.86. The Kier molecular flexibility index (Phi) is 4.71. The predicted molar refractivity (Wildman–Crippen MR) is 100 cm³/mol. The molecule has 2 unspecified atom stereocenters. The Morgan fingerprint density at radius 1 is 1.31 bits per heavy atom. The van der Waals surface area contributed by atoms with Crippen LogP contribution >= 0.6 is 27.5 Å². The molecule has 26 heavy (non-hydrogen) atoms. The van der Waals surface area contributed by atoms with Gasteiger partial charge in [0.1, 0.15) is 5.75 Å². The van der Waals surface area contributed by atoms with Crippen molar-refractivity contribution in [2.45, 2.75) is 55.9 Å². The Bertz CT molecular complexity index is 715. The van der Waals surface area contributed by atoms with Gasteiger partial charge in [0.25, 0.3) is 0 Å². The molecule has 7 heteroatoms. The second-order valence-corrected chi connectivity index (χ2v) is 10.4. The molecule has 0 radical (unpaired) electrons. The molecule has 0 saturated heterocycles. The van der Waals surface area contributed by atoms with Crippen LogP contribution in [0.5, 0.6) is 5.75 Å². The van der Waals surface area contributed by atoms with E-state index in [1.165, 1.54) is 37.5 Å². The number of rotatable bonds is 5. The third-order valence-corrected chi connectivity index (χ3v) is 7.30. The van der Waals surface area contributed by atoms with E-state index in [1.54, 1.807) is 0 Å². The van der Waals surface area contributed by atoms with Crippen molar-refractivity contribution in [3.8, 4) is 5.75 Å². The zero-order valence-corrected chi connectivity index (χ0v) is 16.6. The minimum Gasteiger partial charge on any atom is -0.433 e. The number of nitrogens with one attached hydrogen (secondary N) is 1. The smallest absolute Gasteiger partial charge is 0.387 e. The summed E-state index contributed by atoms with van der Waals surface area (Å²) >= 11 is 9.92. The molecule has 4 bridgehead atoms. The third kappa shape index (κ3) is 3.72. The van der Waals surface area contributed by atoms with Crippen LogP contribution in [0.4, 0.5) is 14.5 Å². The van der Waals surface area contributed by atoms with Gasteiger partial charge in [-0.2, -0.15) is 8.78 Å². The van der Waals surface area contributed by atoms with Gasteiger partial charge < -0.3 is 10.1 Å². The number of carbonyl (C=O) groups is 1. The summed E-state index contributed by atoms with van der Waals surface area (Å²) in [6.07, 6.45) is 7.58. The molecule has 3 nitrogen and oxygen atoms in total. The van der Waals surface area contributed by atoms with Gasteiger partial charge in [-0.05, 0) is 74.0 Å². The fraction of sp³-hybridized carbons (Fsp3) is 0.632. The Balaban J connectivity index is 1.42. The quantitative estimate of drug-likeness (QED) is 0.561. The van der Waals surface area contributed by atoms with Crippen molar-refractivity contribution in [1.29, 1.82) is 0 Å². The Morgan fingerprint density at radius 3 is 2.58 bits per heavy atom. The lowest BCUT2D eigenvalue weighted by Crippen LogP contribution is -2.53. The third-order valence-electron chi connectivity index (χ3n) is 6.08. The monoisotopic (exact) mass is 447 g/mol. The summed E-state index contributed by atoms with van der Waals surface area (Å²) in [5.41, 5.74) is 0.583. The average Bonchev–Trinajstić information content (AvgIpc) is 2.46. The van der Waals surface area contributed by atoms with Gasteiger partial charge in [0, 0.05) is 16.4 Å². The van der Waals surface area contributed by atoms with E-state index in [2.05, 4.69) is 26.0 Å². The molecule has 0 aliphatic heterocycles. The molecule has 0 aromatic heterocycles. The van der Waals surface area contributed by atoms with Crippen molar-refractivity contribution in [1.82, 2.24) is 0 Å². The van der Waals surface area contributed by atoms with Crippen LogP contribution in [-0.2, 0) is 4.79 Å². The number of anilines is 1. The van der Waals surface area contributed by atoms with Crippen molar-refractivity contribution in [3.63, 3.8) is 0 Å². The molecule has 142 valence electrons. The van der Waals surface area contributed by atoms with Crippen LogP contribution in [0.1, 0.15) is 44.9 Å². The maximum Gasteiger partial charge on any atom is 0.387 e. The normalized spacial score (nSPS) is 35.0. The second-order valence-electron chi connectivity index (χ2n) is 8.36. The first-order chi connectivity index (χ1) is 12.2. The molecule has 4 aliphatic carbocycles. The van der Waals surface area contributed by atoms with Crippen molar-refractivity contribution in [3.05, 3.63) is 23.2 Å². The summed E-state index contributed by atoms with van der Waals surface area (Å²) in [5, 5.41) is 2.92. The number of hydrogen-bond acceptors (Lipinski definition) is 2. The van der Waals surface area contributed by atoms with Crippen LogP contribution in [0.25, 0.3) is 0 Å². The summed E-state index contributed by atoms with van der Waals surface area (Å²) in [5.74, 6) is 1.32. The van der Waals surface area contributed by atoms with Crippen LogP contribution in [-0.4, -0.2) is 16.8 Å². The van der Waals surface area contributed by atoms with E-state index >= 15 is 0 Å². The van der Waals surface area contributed by atoms with Gasteiger partial charge in [0.15, 0.2) is 0 Å². The molecule has 0 spiro atoms. The highest BCUT2D eigenvalue weighted by Crippen LogP contribution is 2.65. The summed E-state index contributed by atoms with van der Waals surface area (Å²) in [4.78, 5) is 12.7. The summed E-state index contributed by atoms with van der Waals surface area (Å²) in [6.45, 7) is -2.93. The molecular weight excluding hydrogens is 428 g/mol. The Labute approximate surface area is 164 Å². The predicted octanol–water partition coefficient (Wildman–Crippen LogP) is 6.00. The number of benzene rings is 1. The Morgan fingerprint density at radius 2 is 2.00 bits per heavy atom. The molecule has 1 amide bonds. The topological polar surface area (TPSA) is 38.3 Å². The van der Waals surface area contributed by atoms with Crippen LogP contribution in [0, 0.1) is 17.3 Å². The van der Waals surface area contributed by atoms with Crippen molar-refractivity contribution in [2.24, 2.45) is 17.3 Å². The van der Waals surface area contributed by atoms with Gasteiger partial charge in [-0.3, -0.25) is 4.79 Å². The molecular formula is C19H21BrClF2NO2. The lowest BCUT2D eigenvalue weighted by molar-refractivity contribution is -0.123. The number of amides is 1. The lowest BCUT2D eigenvalue weighted by atomic mass is 9.48. The van der Waals surface area contributed by atoms with Gasteiger partial charge in [0.05, 0.1) is 5.02 Å². The highest BCUT2D eigenvalue weighted by molar-refractivity contribution is 9.10. The maximum absolute atomic E-state index is 12.7. The second kappa shape index (κ2) is 6.62. The number of ether oxygens (including phenoxy) is 1. The molecule has 0 heterocycles. The SMILES string of the molecule is O=C(CC12CC3CC(CC(Br)(C3)C1)C2)Nc1ccc(OC(F)F)c(Cl)c1. The van der Waals surface area contributed by atoms with Crippen LogP contribution in [0.15, 0.2) is 18.2 Å². The van der Waals surface area contributed by atoms with E-state index < -0.39 is 6.61 Å². The zero-order valence-electron chi connectivity index (χ0n) is 14.2. The van der Waals surface area contributed by atoms with Gasteiger partial charge >= 0.3 is 6.61 Å². The standard InChI is InChI=1S/C19H21BrClF2NO2/c20-19-7-11-3-12(8-19)6-18(5-11,10-19)9-16(25)24-13-1-2-15(14(21)4-13)26-17(22)23/h1-2,4,11-12,17H,3,5-10H2,(H,24,25). The number of carbonyl (C=O) groups excluding carboxylic acids is 1. The molecule has 1 N–H and O–H groups in total. The van der Waals surface area contributed by atoms with Crippen LogP contribution in [0.2, 0.25) is 5.02 Å². The van der Waals surface area contributed by atoms with E-state index in [1.807, 2.05) is 0 Å². The molecule has 4 fully saturated rings. The molecule has 1 aromatic carbocycles. The van der Waals surface area contributed by atoms with Crippen LogP contribution < -0.4 is 10.1 Å². The molecule has 5 rings (SSSR count). The summed E-state index contributed by atoms with van der Waals surface area (Å²) in [6, 6.07) is 4.33. The van der Waals surface area contributed by atoms with E-state index in [4.69, 9.17) is 11.6 Å². The molecule has 4 saturated carbocycles. The van der Waals surface area contributed by atoms with Gasteiger partial charge in [-0.1, -0.05) is 27.5 Å². The first-order valence-electron chi connectivity index (χ1n) is 8.97. The molecule has 2 atom stereocenters. The van der Waals surface area contributed by atoms with Gasteiger partial charge in [-0.25, -0.2) is 0 Å². The van der Waals surface area contributed by atoms with E-state index in [9.17, 15) is 13.6 Å². The minimum absolute atomic E-state index is 0.0401. The largest absolute Gasteiger partial charge is 0.433 e. The Hall–Kier alpha value is -0.880. The number of hydrogen-bond donors (Lipinski definition) is 1. The summed E-state index contributed by atoms with van der Waals surface area (Å²) in [7, 11) is 0. The zero-order chi connectivity index (χ0) is 18.5. The highest BCUT2D eigenvalue weighted by Gasteiger charge is 2.57. The average molecular weight is 449 g/mol. The molecule has 4 aliphatic rings. The number of halogens is 4. The van der Waals surface area contributed by atoms with E-state index in [0.29, 0.717) is 12.1 Å². The van der Waals surface area contributed by atoms with Crippen molar-refractivity contribution < 1.29 is 18.3 Å². The van der Waals surface area contributed by atoms with Crippen molar-refractivity contribution >= 4 is 39.1 Å².